The summed E-state index contributed by atoms with van der Waals surface area (Å²) >= 11 is 0. The van der Waals surface area contributed by atoms with Gasteiger partial charge in [0, 0.05) is 43.5 Å². The highest BCUT2D eigenvalue weighted by molar-refractivity contribution is 5.52. The molecule has 158 valence electrons. The molecule has 1 atom stereocenters. The van der Waals surface area contributed by atoms with Gasteiger partial charge in [0.25, 0.3) is 0 Å². The third kappa shape index (κ3) is 4.08. The summed E-state index contributed by atoms with van der Waals surface area (Å²) in [6.45, 7) is 6.47. The number of rotatable bonds is 3. The fourth-order valence-corrected chi connectivity index (χ4v) is 4.72. The van der Waals surface area contributed by atoms with Crippen LogP contribution in [0.4, 0.5) is 4.39 Å². The van der Waals surface area contributed by atoms with Gasteiger partial charge in [-0.05, 0) is 35.8 Å². The predicted octanol–water partition coefficient (Wildman–Crippen LogP) is 5.49. The molecule has 0 amide bonds. The van der Waals surface area contributed by atoms with Crippen LogP contribution in [0.3, 0.4) is 0 Å². The van der Waals surface area contributed by atoms with Gasteiger partial charge >= 0.3 is 0 Å². The van der Waals surface area contributed by atoms with Crippen LogP contribution in [0.25, 0.3) is 6.08 Å². The summed E-state index contributed by atoms with van der Waals surface area (Å²) in [5, 5.41) is 0. The highest BCUT2D eigenvalue weighted by Gasteiger charge is 2.32. The maximum atomic E-state index is 13.9. The van der Waals surface area contributed by atoms with Crippen molar-refractivity contribution in [1.29, 1.82) is 0 Å². The Hall–Kier alpha value is -3.11. The average Bonchev–Trinajstić information content (AvgIpc) is 2.96. The Morgan fingerprint density at radius 1 is 0.903 bits per heavy atom. The van der Waals surface area contributed by atoms with Crippen molar-refractivity contribution in [1.82, 2.24) is 9.80 Å². The molecule has 0 saturated carbocycles. The van der Waals surface area contributed by atoms with E-state index in [1.54, 1.807) is 6.07 Å². The fraction of sp³-hybridized carbons (Fsp3) is 0.259. The summed E-state index contributed by atoms with van der Waals surface area (Å²) in [6.07, 6.45) is 2.25. The topological polar surface area (TPSA) is 15.7 Å². The Morgan fingerprint density at radius 3 is 2.45 bits per heavy atom. The molecular weight excluding hydrogens is 387 g/mol. The van der Waals surface area contributed by atoms with E-state index >= 15 is 0 Å². The van der Waals surface area contributed by atoms with E-state index < -0.39 is 0 Å². The van der Waals surface area contributed by atoms with Crippen molar-refractivity contribution in [3.8, 4) is 5.75 Å². The van der Waals surface area contributed by atoms with E-state index in [-0.39, 0.29) is 11.9 Å². The van der Waals surface area contributed by atoms with Gasteiger partial charge in [0.15, 0.2) is 0 Å². The normalized spacial score (nSPS) is 19.2. The first-order valence-corrected chi connectivity index (χ1v) is 10.9. The van der Waals surface area contributed by atoms with E-state index in [1.165, 1.54) is 28.5 Å². The van der Waals surface area contributed by atoms with Crippen molar-refractivity contribution in [2.75, 3.05) is 26.2 Å². The minimum Gasteiger partial charge on any atom is -0.488 e. The third-order valence-corrected chi connectivity index (χ3v) is 6.36. The van der Waals surface area contributed by atoms with Gasteiger partial charge < -0.3 is 9.64 Å². The first-order valence-electron chi connectivity index (χ1n) is 10.9. The van der Waals surface area contributed by atoms with Gasteiger partial charge in [-0.3, -0.25) is 4.90 Å². The number of ether oxygens (including phenoxy) is 1. The van der Waals surface area contributed by atoms with Crippen LogP contribution in [0.15, 0.2) is 78.5 Å². The Balaban J connectivity index is 1.41. The molecule has 0 aliphatic carbocycles. The molecule has 3 aromatic carbocycles. The van der Waals surface area contributed by atoms with Crippen LogP contribution in [0.5, 0.6) is 5.75 Å². The number of benzene rings is 3. The number of hydrogen-bond acceptors (Lipinski definition) is 3. The maximum absolute atomic E-state index is 13.9. The Bertz CT molecular complexity index is 1090. The highest BCUT2D eigenvalue weighted by atomic mass is 19.1. The molecule has 31 heavy (non-hydrogen) atoms. The molecule has 0 spiro atoms. The number of hydrogen-bond donors (Lipinski definition) is 0. The van der Waals surface area contributed by atoms with Crippen LogP contribution in [0.2, 0.25) is 0 Å². The molecule has 4 heteroatoms. The molecule has 0 radical (unpaired) electrons. The molecule has 3 nitrogen and oxygen atoms in total. The largest absolute Gasteiger partial charge is 0.488 e. The van der Waals surface area contributed by atoms with Gasteiger partial charge in [-0.2, -0.15) is 0 Å². The van der Waals surface area contributed by atoms with Gasteiger partial charge in [-0.15, -0.1) is 0 Å². The van der Waals surface area contributed by atoms with Gasteiger partial charge in [0.1, 0.15) is 18.2 Å². The summed E-state index contributed by atoms with van der Waals surface area (Å²) in [5.74, 6) is 0.402. The van der Waals surface area contributed by atoms with Crippen molar-refractivity contribution in [2.24, 2.45) is 0 Å². The first-order chi connectivity index (χ1) is 15.2. The second-order valence-electron chi connectivity index (χ2n) is 8.29. The van der Waals surface area contributed by atoms with Crippen LogP contribution < -0.4 is 4.74 Å². The van der Waals surface area contributed by atoms with Gasteiger partial charge in [0.2, 0.25) is 0 Å². The highest BCUT2D eigenvalue weighted by Crippen LogP contribution is 2.40. The molecule has 1 saturated heterocycles. The first kappa shape index (κ1) is 19.8. The van der Waals surface area contributed by atoms with Gasteiger partial charge in [-0.1, -0.05) is 60.7 Å². The maximum Gasteiger partial charge on any atom is 0.127 e. The van der Waals surface area contributed by atoms with Crippen LogP contribution in [0.1, 0.15) is 35.2 Å². The van der Waals surface area contributed by atoms with E-state index in [0.29, 0.717) is 12.4 Å². The Labute approximate surface area is 183 Å². The van der Waals surface area contributed by atoms with E-state index in [2.05, 4.69) is 65.3 Å². The van der Waals surface area contributed by atoms with Crippen LogP contribution >= 0.6 is 0 Å². The van der Waals surface area contributed by atoms with E-state index in [4.69, 9.17) is 4.74 Å². The summed E-state index contributed by atoms with van der Waals surface area (Å²) in [6, 6.07) is 24.0. The molecule has 0 aromatic heterocycles. The van der Waals surface area contributed by atoms with Crippen molar-refractivity contribution < 1.29 is 9.13 Å². The van der Waals surface area contributed by atoms with Crippen LogP contribution in [0, 0.1) is 5.82 Å². The van der Waals surface area contributed by atoms with Crippen molar-refractivity contribution in [3.05, 3.63) is 107 Å². The lowest BCUT2D eigenvalue weighted by Gasteiger charge is -2.41. The van der Waals surface area contributed by atoms with Crippen molar-refractivity contribution >= 4 is 6.08 Å². The molecule has 2 heterocycles. The summed E-state index contributed by atoms with van der Waals surface area (Å²) in [7, 11) is 0. The zero-order valence-corrected chi connectivity index (χ0v) is 17.8. The van der Waals surface area contributed by atoms with Gasteiger partial charge in [-0.25, -0.2) is 4.39 Å². The lowest BCUT2D eigenvalue weighted by molar-refractivity contribution is 0.132. The van der Waals surface area contributed by atoms with Crippen molar-refractivity contribution in [3.63, 3.8) is 0 Å². The zero-order valence-electron chi connectivity index (χ0n) is 17.8. The standard InChI is InChI=1S/C27H27FN2O/c1-20(17-21-7-3-2-4-8-21)29-13-15-30(16-14-29)27-24-10-6-5-9-22(24)19-31-26-18-23(28)11-12-25(26)27/h2-12,17-18,27H,13-16,19H2,1H3. The van der Waals surface area contributed by atoms with E-state index in [0.717, 1.165) is 31.7 Å². The van der Waals surface area contributed by atoms with E-state index in [9.17, 15) is 4.39 Å². The molecule has 0 bridgehead atoms. The number of nitrogens with zero attached hydrogens (tertiary/aromatic N) is 2. The Kier molecular flexibility index (Phi) is 5.47. The van der Waals surface area contributed by atoms with E-state index in [1.807, 2.05) is 18.2 Å². The summed E-state index contributed by atoms with van der Waals surface area (Å²) < 4.78 is 20.0. The second-order valence-corrected chi connectivity index (χ2v) is 8.29. The lowest BCUT2D eigenvalue weighted by Crippen LogP contribution is -2.47. The fourth-order valence-electron chi connectivity index (χ4n) is 4.72. The molecule has 1 unspecified atom stereocenters. The summed E-state index contributed by atoms with van der Waals surface area (Å²) in [4.78, 5) is 4.96. The quantitative estimate of drug-likeness (QED) is 0.564. The SMILES string of the molecule is CC(=Cc1ccccc1)N1CCN(C2c3ccccc3COc3cc(F)ccc32)CC1. The lowest BCUT2D eigenvalue weighted by atomic mass is 9.93. The van der Waals surface area contributed by atoms with Crippen LogP contribution in [-0.2, 0) is 6.61 Å². The number of halogens is 1. The molecule has 0 N–H and O–H groups in total. The summed E-state index contributed by atoms with van der Waals surface area (Å²) in [5.41, 5.74) is 6.01. The number of piperazine rings is 1. The minimum absolute atomic E-state index is 0.0786. The molecule has 3 aromatic rings. The van der Waals surface area contributed by atoms with Gasteiger partial charge in [0.05, 0.1) is 6.04 Å². The predicted molar refractivity (Wildman–Crippen MR) is 122 cm³/mol. The third-order valence-electron chi connectivity index (χ3n) is 6.36. The Morgan fingerprint density at radius 2 is 1.65 bits per heavy atom. The van der Waals surface area contributed by atoms with Crippen molar-refractivity contribution in [2.45, 2.75) is 19.6 Å². The monoisotopic (exact) mass is 414 g/mol. The molecule has 1 fully saturated rings. The molecule has 2 aliphatic heterocycles. The second kappa shape index (κ2) is 8.56. The molecule has 5 rings (SSSR count). The van der Waals surface area contributed by atoms with Crippen LogP contribution in [-0.4, -0.2) is 36.0 Å². The zero-order chi connectivity index (χ0) is 21.2. The smallest absolute Gasteiger partial charge is 0.127 e. The average molecular weight is 415 g/mol. The number of fused-ring (bicyclic) bond motifs is 2. The molecular formula is C27H27FN2O. The number of allylic oxidation sites excluding steroid dienone is 1. The molecule has 2 aliphatic rings. The minimum atomic E-state index is -0.255.